The van der Waals surface area contributed by atoms with Crippen LogP contribution in [0.25, 0.3) is 0 Å². The quantitative estimate of drug-likeness (QED) is 0.781. The zero-order valence-electron chi connectivity index (χ0n) is 15.9. The van der Waals surface area contributed by atoms with Crippen LogP contribution in [0.1, 0.15) is 46.1 Å². The van der Waals surface area contributed by atoms with Crippen molar-refractivity contribution in [1.29, 1.82) is 0 Å². The van der Waals surface area contributed by atoms with E-state index in [0.717, 1.165) is 57.0 Å². The lowest BCUT2D eigenvalue weighted by atomic mass is 9.84. The highest BCUT2D eigenvalue weighted by molar-refractivity contribution is 5.94. The van der Waals surface area contributed by atoms with E-state index < -0.39 is 0 Å². The molecule has 1 saturated heterocycles. The molecule has 1 N–H and O–H groups in total. The summed E-state index contributed by atoms with van der Waals surface area (Å²) in [5.41, 5.74) is 0.675. The third-order valence-electron chi connectivity index (χ3n) is 5.10. The number of hydrogen-bond donors (Lipinski definition) is 1. The number of pyridine rings is 1. The van der Waals surface area contributed by atoms with E-state index in [-0.39, 0.29) is 11.3 Å². The summed E-state index contributed by atoms with van der Waals surface area (Å²) < 4.78 is 11.1. The smallest absolute Gasteiger partial charge is 0.231 e. The van der Waals surface area contributed by atoms with Gasteiger partial charge in [0.25, 0.3) is 0 Å². The summed E-state index contributed by atoms with van der Waals surface area (Å²) in [7, 11) is 0. The molecular weight excluding hydrogens is 318 g/mol. The minimum Gasteiger partial charge on any atom is -0.492 e. The average Bonchev–Trinajstić information content (AvgIpc) is 2.64. The van der Waals surface area contributed by atoms with Crippen LogP contribution in [0.3, 0.4) is 0 Å². The Morgan fingerprint density at radius 2 is 2.00 bits per heavy atom. The molecule has 0 spiro atoms. The van der Waals surface area contributed by atoms with Gasteiger partial charge in [-0.2, -0.15) is 0 Å². The second kappa shape index (κ2) is 9.15. The van der Waals surface area contributed by atoms with Crippen LogP contribution in [0.15, 0.2) is 12.3 Å². The Morgan fingerprint density at radius 1 is 1.32 bits per heavy atom. The first-order valence-corrected chi connectivity index (χ1v) is 9.25. The van der Waals surface area contributed by atoms with Crippen molar-refractivity contribution >= 4 is 11.7 Å². The van der Waals surface area contributed by atoms with Gasteiger partial charge in [0.05, 0.1) is 26.0 Å². The molecular formula is C19H31N3O3. The summed E-state index contributed by atoms with van der Waals surface area (Å²) in [5, 5.41) is 2.98. The van der Waals surface area contributed by atoms with E-state index in [9.17, 15) is 4.79 Å². The molecule has 6 nitrogen and oxygen atoms in total. The molecule has 140 valence electrons. The van der Waals surface area contributed by atoms with Gasteiger partial charge in [0, 0.05) is 30.6 Å². The van der Waals surface area contributed by atoms with Crippen LogP contribution in [0, 0.1) is 5.41 Å². The molecule has 1 amide bonds. The molecule has 0 unspecified atom stereocenters. The van der Waals surface area contributed by atoms with Crippen LogP contribution in [0.2, 0.25) is 0 Å². The molecule has 0 aliphatic carbocycles. The van der Waals surface area contributed by atoms with Gasteiger partial charge in [-0.25, -0.2) is 4.98 Å². The summed E-state index contributed by atoms with van der Waals surface area (Å²) in [4.78, 5) is 19.3. The fourth-order valence-corrected chi connectivity index (χ4v) is 2.80. The summed E-state index contributed by atoms with van der Waals surface area (Å²) in [6.07, 6.45) is 3.31. The minimum absolute atomic E-state index is 0.0199. The molecule has 1 aliphatic heterocycles. The first-order chi connectivity index (χ1) is 12.0. The lowest BCUT2D eigenvalue weighted by molar-refractivity contribution is -0.125. The summed E-state index contributed by atoms with van der Waals surface area (Å²) in [5.74, 6) is 1.39. The zero-order chi connectivity index (χ0) is 18.3. The first kappa shape index (κ1) is 19.7. The minimum atomic E-state index is -0.370. The number of anilines is 1. The highest BCUT2D eigenvalue weighted by Crippen LogP contribution is 2.28. The van der Waals surface area contributed by atoms with Crippen molar-refractivity contribution in [3.63, 3.8) is 0 Å². The SMILES string of the molecule is CCOc1cnc(NC(=O)C(C)(CC)CC)cc1CN1CCOCC1. The van der Waals surface area contributed by atoms with Crippen molar-refractivity contribution in [2.24, 2.45) is 5.41 Å². The molecule has 25 heavy (non-hydrogen) atoms. The Kier molecular flexibility index (Phi) is 7.20. The normalized spacial score (nSPS) is 15.8. The van der Waals surface area contributed by atoms with E-state index in [1.54, 1.807) is 6.20 Å². The monoisotopic (exact) mass is 349 g/mol. The van der Waals surface area contributed by atoms with Gasteiger partial charge in [0.1, 0.15) is 11.6 Å². The fraction of sp³-hybridized carbons (Fsp3) is 0.684. The van der Waals surface area contributed by atoms with Crippen LogP contribution >= 0.6 is 0 Å². The third kappa shape index (κ3) is 5.16. The number of hydrogen-bond acceptors (Lipinski definition) is 5. The highest BCUT2D eigenvalue weighted by atomic mass is 16.5. The highest BCUT2D eigenvalue weighted by Gasteiger charge is 2.29. The first-order valence-electron chi connectivity index (χ1n) is 9.25. The van der Waals surface area contributed by atoms with E-state index in [2.05, 4.69) is 15.2 Å². The number of ether oxygens (including phenoxy) is 2. The van der Waals surface area contributed by atoms with Crippen LogP contribution in [-0.2, 0) is 16.1 Å². The Morgan fingerprint density at radius 3 is 2.60 bits per heavy atom. The second-order valence-electron chi connectivity index (χ2n) is 6.72. The lowest BCUT2D eigenvalue weighted by Crippen LogP contribution is -2.36. The van der Waals surface area contributed by atoms with Crippen molar-refractivity contribution in [3.8, 4) is 5.75 Å². The predicted molar refractivity (Wildman–Crippen MR) is 98.8 cm³/mol. The zero-order valence-corrected chi connectivity index (χ0v) is 15.9. The molecule has 0 bridgehead atoms. The van der Waals surface area contributed by atoms with Crippen molar-refractivity contribution in [1.82, 2.24) is 9.88 Å². The molecule has 6 heteroatoms. The number of nitrogens with one attached hydrogen (secondary N) is 1. The van der Waals surface area contributed by atoms with Crippen LogP contribution in [0.5, 0.6) is 5.75 Å². The van der Waals surface area contributed by atoms with Gasteiger partial charge in [-0.3, -0.25) is 9.69 Å². The van der Waals surface area contributed by atoms with E-state index in [4.69, 9.17) is 9.47 Å². The van der Waals surface area contributed by atoms with E-state index >= 15 is 0 Å². The Hall–Kier alpha value is -1.66. The predicted octanol–water partition coefficient (Wildman–Crippen LogP) is 3.08. The molecule has 1 aliphatic rings. The number of nitrogens with zero attached hydrogens (tertiary/aromatic N) is 2. The third-order valence-corrected chi connectivity index (χ3v) is 5.10. The van der Waals surface area contributed by atoms with Crippen molar-refractivity contribution < 1.29 is 14.3 Å². The van der Waals surface area contributed by atoms with Gasteiger partial charge < -0.3 is 14.8 Å². The van der Waals surface area contributed by atoms with Gasteiger partial charge in [-0.1, -0.05) is 20.8 Å². The molecule has 0 saturated carbocycles. The Bertz CT molecular complexity index is 567. The van der Waals surface area contributed by atoms with E-state index in [0.29, 0.717) is 12.4 Å². The van der Waals surface area contributed by atoms with Gasteiger partial charge >= 0.3 is 0 Å². The summed E-state index contributed by atoms with van der Waals surface area (Å²) in [6, 6.07) is 1.93. The van der Waals surface area contributed by atoms with Crippen molar-refractivity contribution in [2.75, 3.05) is 38.2 Å². The van der Waals surface area contributed by atoms with E-state index in [1.165, 1.54) is 0 Å². The maximum Gasteiger partial charge on any atom is 0.231 e. The number of carbonyl (C=O) groups is 1. The number of carbonyl (C=O) groups excluding carboxylic acids is 1. The van der Waals surface area contributed by atoms with Crippen LogP contribution in [0.4, 0.5) is 5.82 Å². The van der Waals surface area contributed by atoms with Gasteiger partial charge in [-0.05, 0) is 25.8 Å². The maximum absolute atomic E-state index is 12.6. The van der Waals surface area contributed by atoms with Crippen LogP contribution < -0.4 is 10.1 Å². The maximum atomic E-state index is 12.6. The molecule has 0 atom stereocenters. The summed E-state index contributed by atoms with van der Waals surface area (Å²) >= 11 is 0. The standard InChI is InChI=1S/C19H31N3O3/c1-5-19(4,6-2)18(23)21-17-12-15(16(13-20-17)25-7-3)14-22-8-10-24-11-9-22/h12-13H,5-11,14H2,1-4H3,(H,20,21,23). The Labute approximate surface area is 150 Å². The molecule has 2 heterocycles. The van der Waals surface area contributed by atoms with Gasteiger partial charge in [0.2, 0.25) is 5.91 Å². The number of amides is 1. The molecule has 0 radical (unpaired) electrons. The molecule has 0 aromatic carbocycles. The lowest BCUT2D eigenvalue weighted by Gasteiger charge is -2.28. The Balaban J connectivity index is 2.16. The largest absolute Gasteiger partial charge is 0.492 e. The van der Waals surface area contributed by atoms with Crippen LogP contribution in [-0.4, -0.2) is 48.7 Å². The molecule has 1 aromatic rings. The number of aromatic nitrogens is 1. The fourth-order valence-electron chi connectivity index (χ4n) is 2.80. The molecule has 1 fully saturated rings. The van der Waals surface area contributed by atoms with E-state index in [1.807, 2.05) is 33.8 Å². The topological polar surface area (TPSA) is 63.7 Å². The second-order valence-corrected chi connectivity index (χ2v) is 6.72. The summed E-state index contributed by atoms with van der Waals surface area (Å²) in [6.45, 7) is 12.7. The molecule has 2 rings (SSSR count). The van der Waals surface area contributed by atoms with Gasteiger partial charge in [0.15, 0.2) is 0 Å². The molecule has 1 aromatic heterocycles. The number of rotatable bonds is 8. The van der Waals surface area contributed by atoms with Gasteiger partial charge in [-0.15, -0.1) is 0 Å². The average molecular weight is 349 g/mol. The van der Waals surface area contributed by atoms with Crippen molar-refractivity contribution in [2.45, 2.75) is 47.1 Å². The van der Waals surface area contributed by atoms with Crippen molar-refractivity contribution in [3.05, 3.63) is 17.8 Å². The number of morpholine rings is 1.